The van der Waals surface area contributed by atoms with Crippen molar-refractivity contribution in [3.05, 3.63) is 0 Å². The van der Waals surface area contributed by atoms with E-state index >= 15 is 0 Å². The second-order valence-electron chi connectivity index (χ2n) is 5.78. The Bertz CT molecular complexity index is 1200. The summed E-state index contributed by atoms with van der Waals surface area (Å²) < 4.78 is 0. The Kier molecular flexibility index (Phi) is 18.8. The van der Waals surface area contributed by atoms with Crippen molar-refractivity contribution >= 4 is 11.8 Å². The van der Waals surface area contributed by atoms with E-state index in [4.69, 9.17) is 12.2 Å². The fourth-order valence-electron chi connectivity index (χ4n) is 1.93. The van der Waals surface area contributed by atoms with Crippen molar-refractivity contribution in [2.45, 2.75) is 51.4 Å². The molecule has 4 nitrogen and oxygen atoms in total. The first kappa shape index (κ1) is 27.0. The molecule has 2 amide bonds. The summed E-state index contributed by atoms with van der Waals surface area (Å²) in [6.07, 6.45) is 11.4. The minimum atomic E-state index is -0.257. The number of amides is 2. The number of rotatable bonds is 9. The van der Waals surface area contributed by atoms with Gasteiger partial charge in [0.05, 0.1) is 0 Å². The lowest BCUT2D eigenvalue weighted by Crippen LogP contribution is -2.16. The van der Waals surface area contributed by atoms with Crippen molar-refractivity contribution in [3.8, 4) is 107 Å². The Hall–Kier alpha value is -5.02. The monoisotopic (exact) mass is 416 g/mol. The smallest absolute Gasteiger partial charge is 0.231 e. The third-order valence-electron chi connectivity index (χ3n) is 3.29. The average Bonchev–Trinajstić information content (AvgIpc) is 2.77. The molecule has 0 rings (SSSR count). The van der Waals surface area contributed by atoms with Gasteiger partial charge in [0.25, 0.3) is 0 Å². The van der Waals surface area contributed by atoms with Crippen LogP contribution in [-0.2, 0) is 9.59 Å². The van der Waals surface area contributed by atoms with E-state index in [0.717, 1.165) is 38.5 Å². The Morgan fingerprint density at radius 3 is 1.38 bits per heavy atom. The third kappa shape index (κ3) is 23.0. The highest BCUT2D eigenvalue weighted by molar-refractivity contribution is 5.77. The molecular formula is C28H20N2O2. The Labute approximate surface area is 191 Å². The second kappa shape index (κ2) is 22.3. The van der Waals surface area contributed by atoms with Gasteiger partial charge in [-0.1, -0.05) is 25.7 Å². The molecule has 0 aromatic carbocycles. The molecule has 0 heterocycles. The maximum atomic E-state index is 11.6. The lowest BCUT2D eigenvalue weighted by atomic mass is 10.1. The van der Waals surface area contributed by atoms with Crippen LogP contribution in [0.3, 0.4) is 0 Å². The number of unbranched alkanes of at least 4 members (excludes halogenated alkanes) is 5. The lowest BCUT2D eigenvalue weighted by Gasteiger charge is -2.00. The van der Waals surface area contributed by atoms with Gasteiger partial charge in [-0.25, -0.2) is 0 Å². The maximum Gasteiger partial charge on any atom is 0.231 e. The van der Waals surface area contributed by atoms with Crippen LogP contribution in [0.25, 0.3) is 0 Å². The van der Waals surface area contributed by atoms with Crippen LogP contribution in [0.15, 0.2) is 0 Å². The number of hydrogen-bond donors (Lipinski definition) is 2. The number of nitrogens with two attached hydrogens (primary N) is 1. The third-order valence-corrected chi connectivity index (χ3v) is 3.29. The Morgan fingerprint density at radius 2 is 0.938 bits per heavy atom. The van der Waals surface area contributed by atoms with Crippen LogP contribution >= 0.6 is 0 Å². The second-order valence-corrected chi connectivity index (χ2v) is 5.78. The number of carbonyl (C=O) groups is 2. The standard InChI is InChI=1S/C28H20N2O2/c1-2-3-4-5-6-7-8-9-10-11-12-13-14-17-20-23-26-30-28(32)25-22-19-16-15-18-21-24-27(29)31/h1H,15-16,18-19,21-22,24-25H2,(H2,29,31)(H,30,32). The van der Waals surface area contributed by atoms with Gasteiger partial charge in [0, 0.05) is 66.2 Å². The van der Waals surface area contributed by atoms with Gasteiger partial charge in [0.2, 0.25) is 11.8 Å². The van der Waals surface area contributed by atoms with Crippen molar-refractivity contribution in [2.75, 3.05) is 0 Å². The zero-order valence-corrected chi connectivity index (χ0v) is 17.6. The topological polar surface area (TPSA) is 72.2 Å². The molecule has 0 radical (unpaired) electrons. The van der Waals surface area contributed by atoms with Gasteiger partial charge >= 0.3 is 0 Å². The molecule has 0 aliphatic heterocycles. The van der Waals surface area contributed by atoms with Gasteiger partial charge in [-0.05, 0) is 60.2 Å². The van der Waals surface area contributed by atoms with E-state index in [1.807, 2.05) is 0 Å². The van der Waals surface area contributed by atoms with Crippen molar-refractivity contribution in [1.29, 1.82) is 0 Å². The first-order valence-electron chi connectivity index (χ1n) is 9.69. The summed E-state index contributed by atoms with van der Waals surface area (Å²) >= 11 is 0. The van der Waals surface area contributed by atoms with E-state index in [2.05, 4.69) is 106 Å². The zero-order chi connectivity index (χ0) is 23.5. The van der Waals surface area contributed by atoms with Crippen molar-refractivity contribution in [2.24, 2.45) is 5.73 Å². The quantitative estimate of drug-likeness (QED) is 0.338. The van der Waals surface area contributed by atoms with Crippen molar-refractivity contribution < 1.29 is 9.59 Å². The summed E-state index contributed by atoms with van der Waals surface area (Å²) in [5.41, 5.74) is 5.08. The summed E-state index contributed by atoms with van der Waals surface area (Å²) in [5.74, 6) is 38.7. The molecule has 0 unspecified atom stereocenters. The maximum absolute atomic E-state index is 11.6. The van der Waals surface area contributed by atoms with Crippen LogP contribution in [0.5, 0.6) is 0 Å². The molecule has 0 aliphatic rings. The van der Waals surface area contributed by atoms with Gasteiger partial charge in [0.1, 0.15) is 0 Å². The summed E-state index contributed by atoms with van der Waals surface area (Å²) in [7, 11) is 0. The van der Waals surface area contributed by atoms with Crippen LogP contribution in [-0.4, -0.2) is 11.8 Å². The normalized spacial score (nSPS) is 6.72. The van der Waals surface area contributed by atoms with Crippen molar-refractivity contribution in [3.63, 3.8) is 0 Å². The summed E-state index contributed by atoms with van der Waals surface area (Å²) in [4.78, 5) is 22.2. The molecule has 32 heavy (non-hydrogen) atoms. The van der Waals surface area contributed by atoms with Gasteiger partial charge in [-0.15, -0.1) is 6.42 Å². The lowest BCUT2D eigenvalue weighted by molar-refractivity contribution is -0.120. The summed E-state index contributed by atoms with van der Waals surface area (Å²) in [5, 5.41) is 2.47. The highest BCUT2D eigenvalue weighted by Crippen LogP contribution is 2.08. The molecule has 0 aromatic heterocycles. The first-order valence-corrected chi connectivity index (χ1v) is 9.69. The largest absolute Gasteiger partial charge is 0.370 e. The number of nitrogens with one attached hydrogen (secondary N) is 1. The molecule has 0 aromatic rings. The molecule has 154 valence electrons. The number of primary amides is 1. The van der Waals surface area contributed by atoms with E-state index in [1.165, 1.54) is 0 Å². The van der Waals surface area contributed by atoms with E-state index in [1.54, 1.807) is 0 Å². The van der Waals surface area contributed by atoms with E-state index < -0.39 is 0 Å². The summed E-state index contributed by atoms with van der Waals surface area (Å²) in [6.45, 7) is 0. The molecule has 3 N–H and O–H groups in total. The van der Waals surface area contributed by atoms with Crippen LogP contribution in [0.1, 0.15) is 51.4 Å². The van der Waals surface area contributed by atoms with Gasteiger partial charge in [0.15, 0.2) is 0 Å². The van der Waals surface area contributed by atoms with Crippen LogP contribution < -0.4 is 11.1 Å². The minimum Gasteiger partial charge on any atom is -0.370 e. The molecular weight excluding hydrogens is 396 g/mol. The summed E-state index contributed by atoms with van der Waals surface area (Å²) in [6, 6.07) is 2.47. The number of hydrogen-bond acceptors (Lipinski definition) is 2. The van der Waals surface area contributed by atoms with Gasteiger partial charge < -0.3 is 5.73 Å². The molecule has 0 spiro atoms. The molecule has 0 atom stereocenters. The predicted molar refractivity (Wildman–Crippen MR) is 125 cm³/mol. The van der Waals surface area contributed by atoms with Crippen LogP contribution in [0.4, 0.5) is 0 Å². The van der Waals surface area contributed by atoms with Gasteiger partial charge in [-0.2, -0.15) is 0 Å². The van der Waals surface area contributed by atoms with Crippen LogP contribution in [0, 0.1) is 107 Å². The molecule has 0 saturated carbocycles. The number of terminal acetylenes is 1. The number of carbonyl (C=O) groups excluding carboxylic acids is 2. The molecule has 4 heteroatoms. The fourth-order valence-corrected chi connectivity index (χ4v) is 1.93. The fraction of sp³-hybridized carbons (Fsp3) is 0.286. The zero-order valence-electron chi connectivity index (χ0n) is 17.6. The average molecular weight is 416 g/mol. The SMILES string of the molecule is C#CC#CC#CC#CC#CC#CC#CC#CC#CNC(=O)CCCCCCCCC(N)=O. The first-order chi connectivity index (χ1) is 15.7. The molecule has 0 saturated heterocycles. The Balaban J connectivity index is 3.99. The highest BCUT2D eigenvalue weighted by atomic mass is 16.1. The Morgan fingerprint density at radius 1 is 0.562 bits per heavy atom. The van der Waals surface area contributed by atoms with E-state index in [-0.39, 0.29) is 11.8 Å². The predicted octanol–water partition coefficient (Wildman–Crippen LogP) is 1.33. The van der Waals surface area contributed by atoms with Crippen molar-refractivity contribution in [1.82, 2.24) is 5.32 Å². The minimum absolute atomic E-state index is 0.141. The molecule has 0 bridgehead atoms. The van der Waals surface area contributed by atoms with Gasteiger partial charge in [-0.3, -0.25) is 14.9 Å². The molecule has 0 fully saturated rings. The highest BCUT2D eigenvalue weighted by Gasteiger charge is 1.99. The van der Waals surface area contributed by atoms with Crippen LogP contribution in [0.2, 0.25) is 0 Å². The van der Waals surface area contributed by atoms with E-state index in [9.17, 15) is 9.59 Å². The van der Waals surface area contributed by atoms with E-state index in [0.29, 0.717) is 12.8 Å². The molecule has 0 aliphatic carbocycles.